The van der Waals surface area contributed by atoms with Crippen molar-refractivity contribution < 1.29 is 37.5 Å². The maximum absolute atomic E-state index is 15.9. The molecular formula is C29H25FNO6+. The van der Waals surface area contributed by atoms with Crippen molar-refractivity contribution in [2.75, 3.05) is 13.7 Å². The lowest BCUT2D eigenvalue weighted by Gasteiger charge is -2.19. The number of hydrogen-bond donors (Lipinski definition) is 0. The van der Waals surface area contributed by atoms with Gasteiger partial charge in [0, 0.05) is 11.5 Å². The number of carbonyl (C=O) groups excluding carboxylic acids is 2. The molecule has 1 fully saturated rings. The molecule has 1 aromatic heterocycles. The molecule has 3 aromatic carbocycles. The number of nitrogens with zero attached hydrogens (tertiary/aromatic N) is 1. The molecule has 0 bridgehead atoms. The molecule has 0 amide bonds. The molecule has 188 valence electrons. The number of carbonyl (C=O) groups is 2. The number of alkyl halides is 1. The van der Waals surface area contributed by atoms with Gasteiger partial charge in [-0.05, 0) is 41.8 Å². The van der Waals surface area contributed by atoms with Gasteiger partial charge in [-0.3, -0.25) is 0 Å². The minimum absolute atomic E-state index is 0.281. The average Bonchev–Trinajstić information content (AvgIpc) is 3.26. The largest absolute Gasteiger partial charge is 0.497 e. The fraction of sp³-hybridized carbons (Fsp3) is 0.207. The second-order valence-corrected chi connectivity index (χ2v) is 8.60. The second kappa shape index (κ2) is 10.8. The van der Waals surface area contributed by atoms with Gasteiger partial charge in [-0.25, -0.2) is 14.0 Å². The molecule has 0 saturated carbocycles. The van der Waals surface area contributed by atoms with Gasteiger partial charge in [0.2, 0.25) is 6.17 Å². The quantitative estimate of drug-likeness (QED) is 0.275. The van der Waals surface area contributed by atoms with E-state index in [1.165, 1.54) is 0 Å². The first-order chi connectivity index (χ1) is 18.0. The van der Waals surface area contributed by atoms with Crippen LogP contribution in [-0.4, -0.2) is 44.0 Å². The molecule has 4 aromatic rings. The summed E-state index contributed by atoms with van der Waals surface area (Å²) in [6, 6.07) is 24.2. The minimum atomic E-state index is -1.72. The van der Waals surface area contributed by atoms with Gasteiger partial charge in [-0.2, -0.15) is 4.57 Å². The van der Waals surface area contributed by atoms with Crippen molar-refractivity contribution in [1.82, 2.24) is 0 Å². The first kappa shape index (κ1) is 24.4. The van der Waals surface area contributed by atoms with Crippen molar-refractivity contribution in [2.45, 2.75) is 24.6 Å². The third kappa shape index (κ3) is 5.29. The van der Waals surface area contributed by atoms with Gasteiger partial charge in [0.05, 0.1) is 18.2 Å². The van der Waals surface area contributed by atoms with Crippen molar-refractivity contribution >= 4 is 22.7 Å². The van der Waals surface area contributed by atoms with Crippen LogP contribution in [0, 0.1) is 0 Å². The Balaban J connectivity index is 1.40. The van der Waals surface area contributed by atoms with E-state index in [0.29, 0.717) is 11.3 Å². The summed E-state index contributed by atoms with van der Waals surface area (Å²) in [5.74, 6) is -0.610. The topological polar surface area (TPSA) is 74.9 Å². The van der Waals surface area contributed by atoms with Gasteiger partial charge in [-0.15, -0.1) is 0 Å². The predicted molar refractivity (Wildman–Crippen MR) is 132 cm³/mol. The molecular weight excluding hydrogens is 477 g/mol. The molecule has 0 N–H and O–H groups in total. The molecule has 0 radical (unpaired) electrons. The zero-order valence-electron chi connectivity index (χ0n) is 20.0. The van der Waals surface area contributed by atoms with Crippen LogP contribution in [-0.2, 0) is 14.2 Å². The van der Waals surface area contributed by atoms with Crippen molar-refractivity contribution in [3.63, 3.8) is 0 Å². The van der Waals surface area contributed by atoms with Crippen LogP contribution in [0.4, 0.5) is 4.39 Å². The van der Waals surface area contributed by atoms with E-state index in [1.807, 2.05) is 24.3 Å². The first-order valence-corrected chi connectivity index (χ1v) is 11.8. The van der Waals surface area contributed by atoms with Crippen LogP contribution >= 0.6 is 0 Å². The van der Waals surface area contributed by atoms with Gasteiger partial charge < -0.3 is 18.9 Å². The SMILES string of the molecule is COc1ccc2cc[n+]([C@H]3O[C@H](COC(=O)c4ccccc4)[C@@H](OC(=O)c4ccccc4)[C@@H]3F)cc2c1. The van der Waals surface area contributed by atoms with E-state index in [1.54, 1.807) is 84.7 Å². The van der Waals surface area contributed by atoms with Crippen LogP contribution in [0.2, 0.25) is 0 Å². The Morgan fingerprint density at radius 2 is 1.57 bits per heavy atom. The van der Waals surface area contributed by atoms with E-state index in [9.17, 15) is 9.59 Å². The number of hydrogen-bond acceptors (Lipinski definition) is 6. The highest BCUT2D eigenvalue weighted by atomic mass is 19.1. The van der Waals surface area contributed by atoms with Crippen LogP contribution < -0.4 is 9.30 Å². The Morgan fingerprint density at radius 1 is 0.892 bits per heavy atom. The van der Waals surface area contributed by atoms with E-state index in [0.717, 1.165) is 10.8 Å². The van der Waals surface area contributed by atoms with Crippen molar-refractivity contribution in [3.05, 3.63) is 108 Å². The monoisotopic (exact) mass is 502 g/mol. The zero-order valence-corrected chi connectivity index (χ0v) is 20.0. The number of halogens is 1. The summed E-state index contributed by atoms with van der Waals surface area (Å²) in [5, 5.41) is 1.75. The number of esters is 2. The summed E-state index contributed by atoms with van der Waals surface area (Å²) >= 11 is 0. The maximum atomic E-state index is 15.9. The van der Waals surface area contributed by atoms with Crippen molar-refractivity contribution in [3.8, 4) is 5.75 Å². The van der Waals surface area contributed by atoms with Crippen LogP contribution in [0.25, 0.3) is 10.8 Å². The molecule has 1 aliphatic rings. The Kier molecular flexibility index (Phi) is 7.09. The Labute approximate surface area is 213 Å². The van der Waals surface area contributed by atoms with Gasteiger partial charge >= 0.3 is 11.9 Å². The Morgan fingerprint density at radius 3 is 2.24 bits per heavy atom. The molecule has 8 heteroatoms. The number of fused-ring (bicyclic) bond motifs is 1. The van der Waals surface area contributed by atoms with E-state index in [-0.39, 0.29) is 12.2 Å². The number of pyridine rings is 1. The van der Waals surface area contributed by atoms with Crippen LogP contribution in [0.1, 0.15) is 26.9 Å². The van der Waals surface area contributed by atoms with Crippen LogP contribution in [0.5, 0.6) is 5.75 Å². The predicted octanol–water partition coefficient (Wildman–Crippen LogP) is 4.45. The summed E-state index contributed by atoms with van der Waals surface area (Å²) in [7, 11) is 1.57. The molecule has 0 spiro atoms. The summed E-state index contributed by atoms with van der Waals surface area (Å²) in [5.41, 5.74) is 0.633. The highest BCUT2D eigenvalue weighted by Crippen LogP contribution is 2.32. The normalized spacial score (nSPS) is 20.9. The molecule has 1 saturated heterocycles. The lowest BCUT2D eigenvalue weighted by molar-refractivity contribution is -0.763. The van der Waals surface area contributed by atoms with Crippen molar-refractivity contribution in [2.24, 2.45) is 0 Å². The number of ether oxygens (including phenoxy) is 4. The first-order valence-electron chi connectivity index (χ1n) is 11.8. The third-order valence-electron chi connectivity index (χ3n) is 6.21. The summed E-state index contributed by atoms with van der Waals surface area (Å²) in [6.07, 6.45) is -1.71. The second-order valence-electron chi connectivity index (χ2n) is 8.60. The zero-order chi connectivity index (χ0) is 25.8. The highest BCUT2D eigenvalue weighted by Gasteiger charge is 2.53. The van der Waals surface area contributed by atoms with Gasteiger partial charge in [0.1, 0.15) is 18.5 Å². The Bertz CT molecular complexity index is 1400. The summed E-state index contributed by atoms with van der Waals surface area (Å²) in [4.78, 5) is 25.3. The van der Waals surface area contributed by atoms with Crippen molar-refractivity contribution in [1.29, 1.82) is 0 Å². The average molecular weight is 503 g/mol. The molecule has 4 atom stereocenters. The standard InChI is InChI=1S/C29H25FNO6/c1-34-23-13-12-19-14-15-31(17-22(19)16-23)27-25(30)26(37-29(33)21-10-6-3-7-11-21)24(36-27)18-35-28(32)20-8-4-2-5-9-20/h2-17,24-27H,18H2,1H3/q+1/t24-,25+,26-,27+/m1/s1. The van der Waals surface area contributed by atoms with E-state index in [2.05, 4.69) is 0 Å². The number of methoxy groups -OCH3 is 1. The maximum Gasteiger partial charge on any atom is 0.338 e. The highest BCUT2D eigenvalue weighted by molar-refractivity contribution is 5.90. The van der Waals surface area contributed by atoms with Crippen LogP contribution in [0.3, 0.4) is 0 Å². The molecule has 0 aliphatic carbocycles. The molecule has 5 rings (SSSR count). The van der Waals surface area contributed by atoms with Gasteiger partial charge in [-0.1, -0.05) is 42.5 Å². The smallest absolute Gasteiger partial charge is 0.338 e. The van der Waals surface area contributed by atoms with E-state index in [4.69, 9.17) is 18.9 Å². The molecule has 37 heavy (non-hydrogen) atoms. The number of rotatable bonds is 7. The Hall–Kier alpha value is -4.30. The van der Waals surface area contributed by atoms with Crippen LogP contribution in [0.15, 0.2) is 97.3 Å². The third-order valence-corrected chi connectivity index (χ3v) is 6.21. The summed E-state index contributed by atoms with van der Waals surface area (Å²) < 4.78 is 39.7. The molecule has 2 heterocycles. The van der Waals surface area contributed by atoms with E-state index < -0.39 is 36.5 Å². The fourth-order valence-corrected chi connectivity index (χ4v) is 4.26. The number of aromatic nitrogens is 1. The summed E-state index contributed by atoms with van der Waals surface area (Å²) in [6.45, 7) is -0.292. The van der Waals surface area contributed by atoms with Gasteiger partial charge in [0.15, 0.2) is 18.5 Å². The lowest BCUT2D eigenvalue weighted by atomic mass is 10.1. The molecule has 1 aliphatic heterocycles. The molecule has 7 nitrogen and oxygen atoms in total. The minimum Gasteiger partial charge on any atom is -0.497 e. The fourth-order valence-electron chi connectivity index (χ4n) is 4.26. The molecule has 0 unspecified atom stereocenters. The number of benzene rings is 3. The lowest BCUT2D eigenvalue weighted by Crippen LogP contribution is -2.44. The van der Waals surface area contributed by atoms with E-state index >= 15 is 4.39 Å². The van der Waals surface area contributed by atoms with Gasteiger partial charge in [0.25, 0.3) is 6.23 Å².